The zero-order chi connectivity index (χ0) is 25.4. The molecule has 1 unspecified atom stereocenters. The number of amides is 1. The van der Waals surface area contributed by atoms with Crippen molar-refractivity contribution >= 4 is 52.2 Å². The van der Waals surface area contributed by atoms with Crippen molar-refractivity contribution in [2.24, 2.45) is 5.16 Å². The van der Waals surface area contributed by atoms with Crippen LogP contribution in [-0.2, 0) is 10.4 Å². The first-order valence-corrected chi connectivity index (χ1v) is 11.2. The number of aromatic nitrogens is 1. The highest BCUT2D eigenvalue weighted by Gasteiger charge is 2.62. The van der Waals surface area contributed by atoms with Crippen molar-refractivity contribution in [3.63, 3.8) is 0 Å². The van der Waals surface area contributed by atoms with Crippen molar-refractivity contribution in [3.05, 3.63) is 92.0 Å². The molecule has 6 nitrogen and oxygen atoms in total. The number of aryl methyl sites for hydroxylation is 1. The Morgan fingerprint density at radius 1 is 1.09 bits per heavy atom. The number of rotatable bonds is 5. The number of hydrogen-bond donors (Lipinski definition) is 2. The Morgan fingerprint density at radius 2 is 1.80 bits per heavy atom. The summed E-state index contributed by atoms with van der Waals surface area (Å²) in [6.45, 7) is 1.65. The van der Waals surface area contributed by atoms with Crippen molar-refractivity contribution in [1.82, 2.24) is 10.4 Å². The van der Waals surface area contributed by atoms with Gasteiger partial charge in [-0.15, -0.1) is 0 Å². The van der Waals surface area contributed by atoms with Gasteiger partial charge in [0, 0.05) is 33.8 Å². The first-order chi connectivity index (χ1) is 16.5. The summed E-state index contributed by atoms with van der Waals surface area (Å²) in [5, 5.41) is 4.13. The van der Waals surface area contributed by atoms with E-state index in [-0.39, 0.29) is 32.7 Å². The van der Waals surface area contributed by atoms with Gasteiger partial charge in [0.15, 0.2) is 5.82 Å². The molecular weight excluding hydrogens is 528 g/mol. The monoisotopic (exact) mass is 542 g/mol. The van der Waals surface area contributed by atoms with E-state index < -0.39 is 24.1 Å². The first-order valence-electron chi connectivity index (χ1n) is 10.1. The zero-order valence-electron chi connectivity index (χ0n) is 17.9. The first kappa shape index (κ1) is 25.1. The second-order valence-corrected chi connectivity index (χ2v) is 9.01. The van der Waals surface area contributed by atoms with Crippen LogP contribution in [-0.4, -0.2) is 22.8 Å². The van der Waals surface area contributed by atoms with Crippen LogP contribution in [0.25, 0.3) is 0 Å². The van der Waals surface area contributed by atoms with Gasteiger partial charge in [-0.25, -0.2) is 4.98 Å². The molecule has 182 valence electrons. The minimum absolute atomic E-state index is 0.0417. The van der Waals surface area contributed by atoms with Crippen LogP contribution in [0.5, 0.6) is 0 Å². The van der Waals surface area contributed by atoms with Gasteiger partial charge in [0.1, 0.15) is 0 Å². The fraction of sp³-hybridized carbons (Fsp3) is 0.174. The summed E-state index contributed by atoms with van der Waals surface area (Å²) in [4.78, 5) is 21.6. The van der Waals surface area contributed by atoms with Crippen LogP contribution in [0.4, 0.5) is 19.0 Å². The van der Waals surface area contributed by atoms with Crippen LogP contribution in [0.15, 0.2) is 59.9 Å². The molecule has 1 aromatic heterocycles. The number of halogens is 6. The number of alkyl halides is 3. The summed E-state index contributed by atoms with van der Waals surface area (Å²) in [6.07, 6.45) is -3.90. The number of hydrazine groups is 1. The normalized spacial score (nSPS) is 17.5. The largest absolute Gasteiger partial charge is 0.435 e. The van der Waals surface area contributed by atoms with E-state index in [4.69, 9.17) is 39.6 Å². The van der Waals surface area contributed by atoms with E-state index in [9.17, 15) is 18.0 Å². The minimum Gasteiger partial charge on any atom is -0.374 e. The lowest BCUT2D eigenvalue weighted by atomic mass is 9.86. The van der Waals surface area contributed by atoms with Gasteiger partial charge in [0.05, 0.1) is 10.7 Å². The molecule has 1 aliphatic rings. The third kappa shape index (κ3) is 5.03. The molecule has 4 rings (SSSR count). The van der Waals surface area contributed by atoms with Crippen molar-refractivity contribution < 1.29 is 22.8 Å². The molecule has 35 heavy (non-hydrogen) atoms. The summed E-state index contributed by atoms with van der Waals surface area (Å²) in [7, 11) is 0. The van der Waals surface area contributed by atoms with Gasteiger partial charge in [-0.05, 0) is 60.5 Å². The molecule has 0 radical (unpaired) electrons. The van der Waals surface area contributed by atoms with Gasteiger partial charge < -0.3 is 4.84 Å². The third-order valence-corrected chi connectivity index (χ3v) is 6.11. The molecule has 1 aliphatic heterocycles. The molecule has 1 atom stereocenters. The topological polar surface area (TPSA) is 75.6 Å². The minimum atomic E-state index is -4.81. The Hall–Kier alpha value is -3.01. The van der Waals surface area contributed by atoms with Gasteiger partial charge in [-0.3, -0.25) is 15.6 Å². The van der Waals surface area contributed by atoms with Crippen LogP contribution in [0.1, 0.15) is 33.5 Å². The number of oxime groups is 1. The molecule has 2 N–H and O–H groups in total. The van der Waals surface area contributed by atoms with Crippen molar-refractivity contribution in [2.75, 3.05) is 5.43 Å². The molecule has 2 heterocycles. The Bertz CT molecular complexity index is 1310. The molecular formula is C23H16Cl3F3N4O2. The molecule has 0 spiro atoms. The number of carbonyl (C=O) groups excluding carboxylic acids is 1. The number of carbonyl (C=O) groups is 1. The molecule has 1 amide bonds. The number of anilines is 1. The van der Waals surface area contributed by atoms with Gasteiger partial charge in [0.2, 0.25) is 0 Å². The number of benzene rings is 2. The van der Waals surface area contributed by atoms with E-state index in [0.717, 1.165) is 12.1 Å². The second-order valence-electron chi connectivity index (χ2n) is 7.73. The van der Waals surface area contributed by atoms with E-state index in [0.29, 0.717) is 16.1 Å². The van der Waals surface area contributed by atoms with Gasteiger partial charge >= 0.3 is 6.18 Å². The summed E-state index contributed by atoms with van der Waals surface area (Å²) in [6, 6.07) is 11.4. The van der Waals surface area contributed by atoms with Crippen LogP contribution < -0.4 is 10.9 Å². The Balaban J connectivity index is 1.55. The predicted molar refractivity (Wildman–Crippen MR) is 128 cm³/mol. The van der Waals surface area contributed by atoms with E-state index in [1.165, 1.54) is 24.4 Å². The molecule has 0 saturated carbocycles. The summed E-state index contributed by atoms with van der Waals surface area (Å²) >= 11 is 17.9. The maximum atomic E-state index is 14.2. The third-order valence-electron chi connectivity index (χ3n) is 5.37. The van der Waals surface area contributed by atoms with Crippen LogP contribution in [0.2, 0.25) is 15.1 Å². The van der Waals surface area contributed by atoms with Crippen LogP contribution in [0.3, 0.4) is 0 Å². The number of pyridine rings is 1. The quantitative estimate of drug-likeness (QED) is 0.352. The highest BCUT2D eigenvalue weighted by atomic mass is 35.5. The maximum absolute atomic E-state index is 14.2. The van der Waals surface area contributed by atoms with Crippen molar-refractivity contribution in [3.8, 4) is 0 Å². The lowest BCUT2D eigenvalue weighted by Crippen LogP contribution is -2.42. The smallest absolute Gasteiger partial charge is 0.374 e. The number of hydrogen-bond acceptors (Lipinski definition) is 5. The highest BCUT2D eigenvalue weighted by Crippen LogP contribution is 2.49. The molecule has 0 fully saturated rings. The fourth-order valence-corrected chi connectivity index (χ4v) is 4.30. The summed E-state index contributed by atoms with van der Waals surface area (Å²) < 4.78 is 42.6. The standard InChI is InChI=1S/C23H16Cl3F3N4O2/c1-12-7-13(4-5-17(12)21(34)32-31-20-18(26)3-2-6-30-20)19-11-22(35-33-19,23(27,28)29)14-8-15(24)10-16(25)9-14/h2-10H,11H2,1H3,(H,30,31)(H,32,34). The number of nitrogens with one attached hydrogen (secondary N) is 2. The lowest BCUT2D eigenvalue weighted by Gasteiger charge is -2.29. The Kier molecular flexibility index (Phi) is 6.86. The van der Waals surface area contributed by atoms with Crippen LogP contribution >= 0.6 is 34.8 Å². The average Bonchev–Trinajstić information content (AvgIpc) is 3.25. The summed E-state index contributed by atoms with van der Waals surface area (Å²) in [5.74, 6) is -0.225. The molecule has 12 heteroatoms. The predicted octanol–water partition coefficient (Wildman–Crippen LogP) is 6.69. The van der Waals surface area contributed by atoms with Gasteiger partial charge in [0.25, 0.3) is 11.5 Å². The molecule has 0 aliphatic carbocycles. The lowest BCUT2D eigenvalue weighted by molar-refractivity contribution is -0.275. The number of nitrogens with zero attached hydrogens (tertiary/aromatic N) is 2. The van der Waals surface area contributed by atoms with Crippen molar-refractivity contribution in [1.29, 1.82) is 0 Å². The van der Waals surface area contributed by atoms with E-state index in [1.54, 1.807) is 25.1 Å². The van der Waals surface area contributed by atoms with Crippen LogP contribution in [0, 0.1) is 6.92 Å². The summed E-state index contributed by atoms with van der Waals surface area (Å²) in [5.41, 5.74) is 3.35. The second kappa shape index (κ2) is 9.56. The Morgan fingerprint density at radius 3 is 2.43 bits per heavy atom. The van der Waals surface area contributed by atoms with Gasteiger partial charge in [-0.2, -0.15) is 13.2 Å². The fourth-order valence-electron chi connectivity index (χ4n) is 3.60. The van der Waals surface area contributed by atoms with E-state index in [2.05, 4.69) is 21.0 Å². The van der Waals surface area contributed by atoms with E-state index in [1.807, 2.05) is 0 Å². The molecule has 3 aromatic rings. The zero-order valence-corrected chi connectivity index (χ0v) is 20.1. The highest BCUT2D eigenvalue weighted by molar-refractivity contribution is 6.34. The maximum Gasteiger partial charge on any atom is 0.435 e. The van der Waals surface area contributed by atoms with Gasteiger partial charge in [-0.1, -0.05) is 46.0 Å². The SMILES string of the molecule is Cc1cc(C2=NOC(c3cc(Cl)cc(Cl)c3)(C(F)(F)F)C2)ccc1C(=O)NNc1ncccc1Cl. The van der Waals surface area contributed by atoms with Crippen molar-refractivity contribution in [2.45, 2.75) is 25.1 Å². The molecule has 0 saturated heterocycles. The molecule has 2 aromatic carbocycles. The average molecular weight is 544 g/mol. The molecule has 0 bridgehead atoms. The van der Waals surface area contributed by atoms with E-state index >= 15 is 0 Å². The Labute approximate surface area is 213 Å².